The molecule has 0 aromatic rings. The summed E-state index contributed by atoms with van der Waals surface area (Å²) >= 11 is 0. The molecule has 0 aromatic carbocycles. The lowest BCUT2D eigenvalue weighted by atomic mass is 9.89. The second kappa shape index (κ2) is 13.5. The molecule has 1 aliphatic carbocycles. The molecule has 2 aliphatic heterocycles. The number of esters is 1. The predicted molar refractivity (Wildman–Crippen MR) is 115 cm³/mol. The Hall–Kier alpha value is -0.990. The van der Waals surface area contributed by atoms with Crippen molar-refractivity contribution in [3.63, 3.8) is 0 Å². The van der Waals surface area contributed by atoms with Crippen LogP contribution < -0.4 is 0 Å². The molecule has 0 radical (unpaired) electrons. The molecule has 2 unspecified atom stereocenters. The summed E-state index contributed by atoms with van der Waals surface area (Å²) in [5, 5.41) is 10.2. The van der Waals surface area contributed by atoms with E-state index >= 15 is 0 Å². The van der Waals surface area contributed by atoms with Gasteiger partial charge in [-0.05, 0) is 63.7 Å². The number of carbonyl (C=O) groups is 1. The molecule has 3 rings (SSSR count). The van der Waals surface area contributed by atoms with Gasteiger partial charge in [0.25, 0.3) is 0 Å². The van der Waals surface area contributed by atoms with E-state index in [0.717, 1.165) is 83.8 Å². The highest BCUT2D eigenvalue weighted by molar-refractivity contribution is 5.81. The topological polar surface area (TPSA) is 83.5 Å². The van der Waals surface area contributed by atoms with Crippen LogP contribution in [0.2, 0.25) is 0 Å². The third-order valence-electron chi connectivity index (χ3n) is 6.72. The van der Waals surface area contributed by atoms with Crippen LogP contribution in [0, 0.1) is 11.8 Å². The maximum atomic E-state index is 11.2. The molecule has 1 saturated carbocycles. The summed E-state index contributed by atoms with van der Waals surface area (Å²) in [6.07, 6.45) is 13.8. The van der Waals surface area contributed by atoms with Gasteiger partial charge in [0.05, 0.1) is 19.3 Å². The van der Waals surface area contributed by atoms with Gasteiger partial charge in [-0.15, -0.1) is 0 Å². The molecule has 6 atom stereocenters. The molecule has 0 spiro atoms. The van der Waals surface area contributed by atoms with Crippen molar-refractivity contribution in [3.05, 3.63) is 12.2 Å². The summed E-state index contributed by atoms with van der Waals surface area (Å²) in [7, 11) is 1.38. The lowest BCUT2D eigenvalue weighted by Crippen LogP contribution is -2.33. The number of aliphatic hydroxyl groups excluding tert-OH is 1. The van der Waals surface area contributed by atoms with Crippen molar-refractivity contribution in [1.29, 1.82) is 0 Å². The number of aliphatic hydroxyl groups is 1. The Labute approximate surface area is 186 Å². The highest BCUT2D eigenvalue weighted by Crippen LogP contribution is 2.41. The molecule has 7 nitrogen and oxygen atoms in total. The standard InChI is InChI=1S/C24H40O7/c1-27-22(26)11-5-3-2-4-10-18-19(17-25)21(31-24-13-7-9-15-29-24)16-20(18)30-23-12-6-8-14-28-23/h5,11,18-21,23-25H,2-4,6-10,12-17H2,1H3/b11-5+/t18-,19-,20+,21-,23?,24?/m1/s1. The monoisotopic (exact) mass is 440 g/mol. The Morgan fingerprint density at radius 3 is 2.16 bits per heavy atom. The summed E-state index contributed by atoms with van der Waals surface area (Å²) in [5.41, 5.74) is 0. The average molecular weight is 441 g/mol. The van der Waals surface area contributed by atoms with Gasteiger partial charge in [0.15, 0.2) is 12.6 Å². The molecule has 0 amide bonds. The Morgan fingerprint density at radius 1 is 0.968 bits per heavy atom. The first-order chi connectivity index (χ1) is 15.2. The van der Waals surface area contributed by atoms with Gasteiger partial charge in [0.2, 0.25) is 0 Å². The minimum atomic E-state index is -0.318. The zero-order valence-electron chi connectivity index (χ0n) is 18.9. The van der Waals surface area contributed by atoms with Gasteiger partial charge in [-0.25, -0.2) is 4.79 Å². The van der Waals surface area contributed by atoms with Crippen molar-refractivity contribution in [1.82, 2.24) is 0 Å². The van der Waals surface area contributed by atoms with Crippen molar-refractivity contribution in [2.45, 2.75) is 95.4 Å². The number of methoxy groups -OCH3 is 1. The first-order valence-corrected chi connectivity index (χ1v) is 12.1. The molecule has 0 bridgehead atoms. The highest BCUT2D eigenvalue weighted by atomic mass is 16.7. The molecule has 31 heavy (non-hydrogen) atoms. The van der Waals surface area contributed by atoms with E-state index in [2.05, 4.69) is 4.74 Å². The van der Waals surface area contributed by atoms with Crippen LogP contribution in [0.25, 0.3) is 0 Å². The van der Waals surface area contributed by atoms with E-state index in [9.17, 15) is 9.90 Å². The molecule has 1 N–H and O–H groups in total. The summed E-state index contributed by atoms with van der Waals surface area (Å²) in [6, 6.07) is 0. The maximum Gasteiger partial charge on any atom is 0.330 e. The van der Waals surface area contributed by atoms with E-state index in [1.54, 1.807) is 0 Å². The molecule has 2 saturated heterocycles. The molecule has 0 aromatic heterocycles. The lowest BCUT2D eigenvalue weighted by molar-refractivity contribution is -0.204. The first kappa shape index (κ1) is 24.6. The maximum absolute atomic E-state index is 11.2. The molecule has 178 valence electrons. The molecule has 3 fully saturated rings. The second-order valence-electron chi connectivity index (χ2n) is 8.90. The van der Waals surface area contributed by atoms with Crippen LogP contribution in [0.4, 0.5) is 0 Å². The minimum Gasteiger partial charge on any atom is -0.466 e. The number of hydrogen-bond acceptors (Lipinski definition) is 7. The number of carbonyl (C=O) groups excluding carboxylic acids is 1. The quantitative estimate of drug-likeness (QED) is 0.298. The van der Waals surface area contributed by atoms with Gasteiger partial charge in [0, 0.05) is 38.2 Å². The van der Waals surface area contributed by atoms with Gasteiger partial charge in [0.1, 0.15) is 0 Å². The fourth-order valence-electron chi connectivity index (χ4n) is 5.01. The van der Waals surface area contributed by atoms with Crippen LogP contribution in [0.1, 0.15) is 70.6 Å². The SMILES string of the molecule is COC(=O)/C=C/CCCC[C@@H]1[C@@H](CO)[C@H](OC2CCCCO2)C[C@@H]1OC1CCCCO1. The summed E-state index contributed by atoms with van der Waals surface area (Å²) in [6.45, 7) is 1.60. The van der Waals surface area contributed by atoms with Crippen LogP contribution >= 0.6 is 0 Å². The number of hydrogen-bond donors (Lipinski definition) is 1. The molecule has 3 aliphatic rings. The van der Waals surface area contributed by atoms with Crippen molar-refractivity contribution in [2.24, 2.45) is 11.8 Å². The minimum absolute atomic E-state index is 0.0273. The lowest BCUT2D eigenvalue weighted by Gasteiger charge is -2.30. The number of ether oxygens (including phenoxy) is 5. The Bertz CT molecular complexity index is 540. The Kier molecular flexibility index (Phi) is 10.8. The van der Waals surface area contributed by atoms with E-state index in [1.807, 2.05) is 6.08 Å². The van der Waals surface area contributed by atoms with Crippen molar-refractivity contribution < 1.29 is 33.6 Å². The van der Waals surface area contributed by atoms with Crippen LogP contribution in [-0.2, 0) is 28.5 Å². The predicted octanol–water partition coefficient (Wildman–Crippen LogP) is 3.73. The Morgan fingerprint density at radius 2 is 1.61 bits per heavy atom. The van der Waals surface area contributed by atoms with E-state index in [1.165, 1.54) is 13.2 Å². The summed E-state index contributed by atoms with van der Waals surface area (Å²) in [4.78, 5) is 11.2. The van der Waals surface area contributed by atoms with Gasteiger partial charge >= 0.3 is 5.97 Å². The second-order valence-corrected chi connectivity index (χ2v) is 8.90. The third kappa shape index (κ3) is 7.82. The smallest absolute Gasteiger partial charge is 0.330 e. The third-order valence-corrected chi connectivity index (χ3v) is 6.72. The van der Waals surface area contributed by atoms with Crippen molar-refractivity contribution in [2.75, 3.05) is 26.9 Å². The van der Waals surface area contributed by atoms with Gasteiger partial charge < -0.3 is 28.8 Å². The van der Waals surface area contributed by atoms with Gasteiger partial charge in [-0.2, -0.15) is 0 Å². The highest BCUT2D eigenvalue weighted by Gasteiger charge is 2.45. The van der Waals surface area contributed by atoms with E-state index in [4.69, 9.17) is 18.9 Å². The Balaban J connectivity index is 1.55. The van der Waals surface area contributed by atoms with E-state index < -0.39 is 0 Å². The van der Waals surface area contributed by atoms with E-state index in [-0.39, 0.29) is 49.2 Å². The fourth-order valence-corrected chi connectivity index (χ4v) is 5.01. The fraction of sp³-hybridized carbons (Fsp3) is 0.875. The van der Waals surface area contributed by atoms with Crippen LogP contribution in [-0.4, -0.2) is 62.8 Å². The summed E-state index contributed by atoms with van der Waals surface area (Å²) < 4.78 is 29.0. The van der Waals surface area contributed by atoms with Crippen LogP contribution in [0.15, 0.2) is 12.2 Å². The number of allylic oxidation sites excluding steroid dienone is 1. The van der Waals surface area contributed by atoms with Crippen molar-refractivity contribution >= 4 is 5.97 Å². The van der Waals surface area contributed by atoms with Gasteiger partial charge in [-0.1, -0.05) is 12.5 Å². The zero-order valence-corrected chi connectivity index (χ0v) is 18.9. The van der Waals surface area contributed by atoms with Gasteiger partial charge in [-0.3, -0.25) is 0 Å². The number of rotatable bonds is 11. The summed E-state index contributed by atoms with van der Waals surface area (Å²) in [5.74, 6) is -0.0413. The van der Waals surface area contributed by atoms with Crippen LogP contribution in [0.3, 0.4) is 0 Å². The molecule has 7 heteroatoms. The average Bonchev–Trinajstić information content (AvgIpc) is 3.12. The van der Waals surface area contributed by atoms with Crippen LogP contribution in [0.5, 0.6) is 0 Å². The number of unbranched alkanes of at least 4 members (excludes halogenated alkanes) is 2. The van der Waals surface area contributed by atoms with E-state index in [0.29, 0.717) is 0 Å². The normalized spacial score (nSPS) is 34.3. The molecular weight excluding hydrogens is 400 g/mol. The molecular formula is C24H40O7. The zero-order chi connectivity index (χ0) is 21.9. The largest absolute Gasteiger partial charge is 0.466 e. The van der Waals surface area contributed by atoms with Crippen molar-refractivity contribution in [3.8, 4) is 0 Å². The molecule has 2 heterocycles. The first-order valence-electron chi connectivity index (χ1n) is 12.1.